The van der Waals surface area contributed by atoms with Crippen molar-refractivity contribution >= 4 is 5.78 Å². The van der Waals surface area contributed by atoms with E-state index in [0.717, 1.165) is 6.42 Å². The smallest absolute Gasteiger partial charge is 0.298 e. The molecule has 0 saturated carbocycles. The number of likely N-dealkylation sites (tertiary alicyclic amines) is 1. The summed E-state index contributed by atoms with van der Waals surface area (Å²) in [5, 5.41) is 0. The summed E-state index contributed by atoms with van der Waals surface area (Å²) in [5.41, 5.74) is 0. The lowest BCUT2D eigenvalue weighted by Gasteiger charge is -2.32. The Morgan fingerprint density at radius 3 is 2.29 bits per heavy atom. The van der Waals surface area contributed by atoms with Crippen molar-refractivity contribution in [2.45, 2.75) is 39.3 Å². The Morgan fingerprint density at radius 2 is 1.88 bits per heavy atom. The van der Waals surface area contributed by atoms with Crippen molar-refractivity contribution in [3.8, 4) is 0 Å². The molecule has 0 aliphatic carbocycles. The molecule has 0 aromatic heterocycles. The van der Waals surface area contributed by atoms with Crippen LogP contribution in [0.2, 0.25) is 0 Å². The number of rotatable bonds is 4. The highest BCUT2D eigenvalue weighted by Gasteiger charge is 2.41. The molecule has 1 aliphatic heterocycles. The van der Waals surface area contributed by atoms with Crippen LogP contribution in [0.4, 0.5) is 13.2 Å². The number of alkyl halides is 3. The second-order valence-electron chi connectivity index (χ2n) is 4.87. The number of nitrogens with zero attached hydrogens (tertiary/aromatic N) is 1. The summed E-state index contributed by atoms with van der Waals surface area (Å²) in [6.45, 7) is 4.88. The van der Waals surface area contributed by atoms with Gasteiger partial charge in [-0.3, -0.25) is 9.69 Å². The molecule has 0 aromatic rings. The Hall–Kier alpha value is -0.580. The lowest BCUT2D eigenvalue weighted by Crippen LogP contribution is -2.42. The molecular formula is C12H20F3NO. The number of hydrogen-bond donors (Lipinski definition) is 0. The van der Waals surface area contributed by atoms with E-state index >= 15 is 0 Å². The van der Waals surface area contributed by atoms with E-state index < -0.39 is 12.1 Å². The summed E-state index contributed by atoms with van der Waals surface area (Å²) in [7, 11) is 0. The van der Waals surface area contributed by atoms with Crippen LogP contribution in [0, 0.1) is 11.8 Å². The van der Waals surface area contributed by atoms with Gasteiger partial charge in [-0.05, 0) is 32.4 Å². The molecule has 1 unspecified atom stereocenters. The first-order valence-corrected chi connectivity index (χ1v) is 6.16. The lowest BCUT2D eigenvalue weighted by molar-refractivity contribution is -0.185. The second kappa shape index (κ2) is 5.85. The third-order valence-electron chi connectivity index (χ3n) is 3.59. The van der Waals surface area contributed by atoms with Crippen LogP contribution in [0.1, 0.15) is 33.1 Å². The number of halogens is 3. The highest BCUT2D eigenvalue weighted by molar-refractivity contribution is 5.82. The topological polar surface area (TPSA) is 20.3 Å². The quantitative estimate of drug-likeness (QED) is 0.765. The molecule has 0 N–H and O–H groups in total. The highest BCUT2D eigenvalue weighted by atomic mass is 19.4. The van der Waals surface area contributed by atoms with Gasteiger partial charge in [0.25, 0.3) is 0 Å². The number of ketones is 1. The largest absolute Gasteiger partial charge is 0.391 e. The van der Waals surface area contributed by atoms with Gasteiger partial charge < -0.3 is 0 Å². The van der Waals surface area contributed by atoms with E-state index in [9.17, 15) is 18.0 Å². The molecule has 0 radical (unpaired) electrons. The van der Waals surface area contributed by atoms with E-state index in [4.69, 9.17) is 0 Å². The maximum atomic E-state index is 12.4. The lowest BCUT2D eigenvalue weighted by atomic mass is 9.95. The first kappa shape index (κ1) is 14.5. The van der Waals surface area contributed by atoms with Crippen LogP contribution in [-0.2, 0) is 4.79 Å². The van der Waals surface area contributed by atoms with Gasteiger partial charge in [0, 0.05) is 5.92 Å². The SMILES string of the molecule is CCC(C)C(=O)CN1CCC(C(F)(F)F)CC1. The maximum Gasteiger partial charge on any atom is 0.391 e. The average molecular weight is 251 g/mol. The van der Waals surface area contributed by atoms with Crippen molar-refractivity contribution in [3.05, 3.63) is 0 Å². The second-order valence-corrected chi connectivity index (χ2v) is 4.87. The van der Waals surface area contributed by atoms with Crippen LogP contribution < -0.4 is 0 Å². The first-order chi connectivity index (χ1) is 7.84. The number of piperidine rings is 1. The molecule has 0 amide bonds. The fourth-order valence-corrected chi connectivity index (χ4v) is 2.02. The fourth-order valence-electron chi connectivity index (χ4n) is 2.02. The number of carbonyl (C=O) groups is 1. The van der Waals surface area contributed by atoms with Crippen LogP contribution in [0.15, 0.2) is 0 Å². The Labute approximate surface area is 100 Å². The number of carbonyl (C=O) groups excluding carboxylic acids is 1. The van der Waals surface area contributed by atoms with Gasteiger partial charge in [-0.25, -0.2) is 0 Å². The monoisotopic (exact) mass is 251 g/mol. The third kappa shape index (κ3) is 4.30. The summed E-state index contributed by atoms with van der Waals surface area (Å²) in [6.07, 6.45) is -3.04. The van der Waals surface area contributed by atoms with Crippen LogP contribution in [0.3, 0.4) is 0 Å². The van der Waals surface area contributed by atoms with E-state index in [-0.39, 0.29) is 24.5 Å². The fraction of sp³-hybridized carbons (Fsp3) is 0.917. The molecule has 1 saturated heterocycles. The minimum absolute atomic E-state index is 0.00957. The Balaban J connectivity index is 2.35. The zero-order valence-electron chi connectivity index (χ0n) is 10.4. The normalized spacial score (nSPS) is 21.5. The molecule has 1 atom stereocenters. The molecule has 5 heteroatoms. The predicted octanol–water partition coefficient (Wildman–Crippen LogP) is 2.88. The van der Waals surface area contributed by atoms with E-state index in [1.165, 1.54) is 0 Å². The third-order valence-corrected chi connectivity index (χ3v) is 3.59. The van der Waals surface area contributed by atoms with Crippen molar-refractivity contribution < 1.29 is 18.0 Å². The van der Waals surface area contributed by atoms with Crippen molar-refractivity contribution in [3.63, 3.8) is 0 Å². The number of hydrogen-bond acceptors (Lipinski definition) is 2. The van der Waals surface area contributed by atoms with Gasteiger partial charge in [-0.1, -0.05) is 13.8 Å². The van der Waals surface area contributed by atoms with E-state index in [1.54, 1.807) is 0 Å². The van der Waals surface area contributed by atoms with Crippen molar-refractivity contribution in [1.82, 2.24) is 4.90 Å². The minimum Gasteiger partial charge on any atom is -0.298 e. The van der Waals surface area contributed by atoms with Gasteiger partial charge in [-0.15, -0.1) is 0 Å². The van der Waals surface area contributed by atoms with Gasteiger partial charge in [-0.2, -0.15) is 13.2 Å². The van der Waals surface area contributed by atoms with Crippen LogP contribution in [-0.4, -0.2) is 36.5 Å². The molecule has 100 valence electrons. The van der Waals surface area contributed by atoms with Crippen LogP contribution in [0.25, 0.3) is 0 Å². The molecule has 0 bridgehead atoms. The molecule has 1 aliphatic rings. The molecule has 1 fully saturated rings. The van der Waals surface area contributed by atoms with Gasteiger partial charge in [0.2, 0.25) is 0 Å². The molecule has 17 heavy (non-hydrogen) atoms. The molecule has 0 aromatic carbocycles. The van der Waals surface area contributed by atoms with Crippen LogP contribution in [0.5, 0.6) is 0 Å². The van der Waals surface area contributed by atoms with Crippen molar-refractivity contribution in [1.29, 1.82) is 0 Å². The predicted molar refractivity (Wildman–Crippen MR) is 59.7 cm³/mol. The van der Waals surface area contributed by atoms with E-state index in [2.05, 4.69) is 0 Å². The zero-order chi connectivity index (χ0) is 13.1. The Bertz CT molecular complexity index is 257. The summed E-state index contributed by atoms with van der Waals surface area (Å²) < 4.78 is 37.3. The molecular weight excluding hydrogens is 231 g/mol. The molecule has 1 heterocycles. The summed E-state index contributed by atoms with van der Waals surface area (Å²) in [5.74, 6) is -1.04. The van der Waals surface area contributed by atoms with E-state index in [1.807, 2.05) is 18.7 Å². The standard InChI is InChI=1S/C12H20F3NO/c1-3-9(2)11(17)8-16-6-4-10(5-7-16)12(13,14)15/h9-10H,3-8H2,1-2H3. The van der Waals surface area contributed by atoms with Gasteiger partial charge in [0.05, 0.1) is 12.5 Å². The molecule has 0 spiro atoms. The summed E-state index contributed by atoms with van der Waals surface area (Å²) in [4.78, 5) is 13.5. The van der Waals surface area contributed by atoms with Crippen LogP contribution >= 0.6 is 0 Å². The summed E-state index contributed by atoms with van der Waals surface area (Å²) in [6, 6.07) is 0. The van der Waals surface area contributed by atoms with E-state index in [0.29, 0.717) is 19.6 Å². The zero-order valence-corrected chi connectivity index (χ0v) is 10.4. The Kier molecular flexibility index (Phi) is 4.98. The molecule has 1 rings (SSSR count). The van der Waals surface area contributed by atoms with Gasteiger partial charge >= 0.3 is 6.18 Å². The van der Waals surface area contributed by atoms with Gasteiger partial charge in [0.1, 0.15) is 5.78 Å². The average Bonchev–Trinajstić information content (AvgIpc) is 2.27. The van der Waals surface area contributed by atoms with Crippen molar-refractivity contribution in [2.24, 2.45) is 11.8 Å². The van der Waals surface area contributed by atoms with Gasteiger partial charge in [0.15, 0.2) is 0 Å². The summed E-state index contributed by atoms with van der Waals surface area (Å²) >= 11 is 0. The minimum atomic E-state index is -4.08. The highest BCUT2D eigenvalue weighted by Crippen LogP contribution is 2.34. The van der Waals surface area contributed by atoms with Crippen molar-refractivity contribution in [2.75, 3.05) is 19.6 Å². The first-order valence-electron chi connectivity index (χ1n) is 6.16. The molecule has 2 nitrogen and oxygen atoms in total. The maximum absolute atomic E-state index is 12.4. The number of Topliss-reactive ketones (excluding diaryl/α,β-unsaturated/α-hetero) is 1. The Morgan fingerprint density at radius 1 is 1.35 bits per heavy atom.